The minimum Gasteiger partial charge on any atom is -0.465 e. The summed E-state index contributed by atoms with van der Waals surface area (Å²) >= 11 is 0. The maximum Gasteiger partial charge on any atom is 0.320 e. The van der Waals surface area contributed by atoms with Gasteiger partial charge in [0.05, 0.1) is 13.2 Å². The minimum atomic E-state index is -1.04. The summed E-state index contributed by atoms with van der Waals surface area (Å²) in [6.07, 6.45) is 0. The van der Waals surface area contributed by atoms with Crippen molar-refractivity contribution >= 4 is 23.3 Å². The van der Waals surface area contributed by atoms with Crippen molar-refractivity contribution in [1.82, 2.24) is 0 Å². The van der Waals surface area contributed by atoms with Gasteiger partial charge >= 0.3 is 11.9 Å². The lowest BCUT2D eigenvalue weighted by Crippen LogP contribution is -2.38. The van der Waals surface area contributed by atoms with Crippen molar-refractivity contribution in [3.8, 4) is 0 Å². The number of rotatable bonds is 9. The van der Waals surface area contributed by atoms with E-state index >= 15 is 0 Å². The second-order valence-electron chi connectivity index (χ2n) is 6.38. The van der Waals surface area contributed by atoms with E-state index in [0.717, 1.165) is 11.4 Å². The molecule has 1 atom stereocenters. The Bertz CT molecular complexity index is 746. The number of halogens is 1. The van der Waals surface area contributed by atoms with Crippen LogP contribution in [0.1, 0.15) is 20.8 Å². The number of carbonyl (C=O) groups excluding carboxylic acids is 2. The van der Waals surface area contributed by atoms with Crippen LogP contribution in [0.4, 0.5) is 15.8 Å². The van der Waals surface area contributed by atoms with Crippen molar-refractivity contribution in [2.24, 2.45) is 11.8 Å². The molecule has 0 aliphatic carbocycles. The molecular weight excluding hydrogens is 361 g/mol. The number of benzene rings is 2. The van der Waals surface area contributed by atoms with E-state index in [1.54, 1.807) is 32.9 Å². The number of hydrogen-bond acceptors (Lipinski definition) is 5. The van der Waals surface area contributed by atoms with Gasteiger partial charge in [0.25, 0.3) is 0 Å². The summed E-state index contributed by atoms with van der Waals surface area (Å²) in [4.78, 5) is 26.8. The molecule has 2 aromatic carbocycles. The highest BCUT2D eigenvalue weighted by atomic mass is 19.1. The standard InChI is InChI=1S/C22H26FNO4/c1-4-27-21(25)20(22(26)28-5-2)16(3)15-24(18-9-7-6-8-10-18)19-13-11-17(23)12-14-19/h6-14,16,20H,4-5,15H2,1-3H3. The van der Waals surface area contributed by atoms with E-state index in [0.29, 0.717) is 6.54 Å². The summed E-state index contributed by atoms with van der Waals surface area (Å²) in [5.74, 6) is -2.96. The molecular formula is C22H26FNO4. The molecule has 150 valence electrons. The maximum atomic E-state index is 13.4. The van der Waals surface area contributed by atoms with E-state index in [9.17, 15) is 14.0 Å². The second-order valence-corrected chi connectivity index (χ2v) is 6.38. The number of ether oxygens (including phenoxy) is 2. The Morgan fingerprint density at radius 1 is 0.893 bits per heavy atom. The van der Waals surface area contributed by atoms with Gasteiger partial charge in [0.15, 0.2) is 5.92 Å². The highest BCUT2D eigenvalue weighted by Crippen LogP contribution is 2.29. The largest absolute Gasteiger partial charge is 0.465 e. The van der Waals surface area contributed by atoms with Crippen molar-refractivity contribution in [3.05, 3.63) is 60.4 Å². The predicted octanol–water partition coefficient (Wildman–Crippen LogP) is 4.34. The van der Waals surface area contributed by atoms with Crippen molar-refractivity contribution in [1.29, 1.82) is 0 Å². The summed E-state index contributed by atoms with van der Waals surface area (Å²) in [7, 11) is 0. The molecule has 2 aromatic rings. The van der Waals surface area contributed by atoms with E-state index in [1.807, 2.05) is 35.2 Å². The third kappa shape index (κ3) is 5.55. The van der Waals surface area contributed by atoms with Gasteiger partial charge in [-0.3, -0.25) is 9.59 Å². The van der Waals surface area contributed by atoms with Crippen LogP contribution in [0.25, 0.3) is 0 Å². The third-order valence-electron chi connectivity index (χ3n) is 4.33. The van der Waals surface area contributed by atoms with Crippen LogP contribution in [0.2, 0.25) is 0 Å². The smallest absolute Gasteiger partial charge is 0.320 e. The molecule has 0 saturated heterocycles. The Morgan fingerprint density at radius 2 is 1.39 bits per heavy atom. The number of para-hydroxylation sites is 1. The molecule has 0 fully saturated rings. The van der Waals surface area contributed by atoms with Crippen molar-refractivity contribution < 1.29 is 23.5 Å². The number of carbonyl (C=O) groups is 2. The number of esters is 2. The van der Waals surface area contributed by atoms with Crippen LogP contribution in [0.3, 0.4) is 0 Å². The van der Waals surface area contributed by atoms with Gasteiger partial charge in [-0.25, -0.2) is 4.39 Å². The molecule has 0 bridgehead atoms. The molecule has 28 heavy (non-hydrogen) atoms. The van der Waals surface area contributed by atoms with Gasteiger partial charge in [0.1, 0.15) is 5.82 Å². The first-order chi connectivity index (χ1) is 13.5. The molecule has 5 nitrogen and oxygen atoms in total. The molecule has 0 aromatic heterocycles. The summed E-state index contributed by atoms with van der Waals surface area (Å²) < 4.78 is 23.6. The molecule has 0 heterocycles. The van der Waals surface area contributed by atoms with Crippen LogP contribution >= 0.6 is 0 Å². The fraction of sp³-hybridized carbons (Fsp3) is 0.364. The van der Waals surface area contributed by atoms with Gasteiger partial charge in [0, 0.05) is 17.9 Å². The van der Waals surface area contributed by atoms with Gasteiger partial charge in [0.2, 0.25) is 0 Å². The maximum absolute atomic E-state index is 13.4. The fourth-order valence-electron chi connectivity index (χ4n) is 3.01. The molecule has 1 unspecified atom stereocenters. The first kappa shape index (κ1) is 21.4. The average molecular weight is 387 g/mol. The van der Waals surface area contributed by atoms with E-state index in [2.05, 4.69) is 0 Å². The molecule has 0 aliphatic rings. The Kier molecular flexibility index (Phi) is 7.99. The third-order valence-corrected chi connectivity index (χ3v) is 4.33. The summed E-state index contributed by atoms with van der Waals surface area (Å²) in [6.45, 7) is 5.90. The second kappa shape index (κ2) is 10.4. The van der Waals surface area contributed by atoms with Gasteiger partial charge in [-0.15, -0.1) is 0 Å². The Morgan fingerprint density at radius 3 is 1.89 bits per heavy atom. The lowest BCUT2D eigenvalue weighted by atomic mass is 9.93. The van der Waals surface area contributed by atoms with Crippen molar-refractivity contribution in [2.45, 2.75) is 20.8 Å². The van der Waals surface area contributed by atoms with Crippen LogP contribution < -0.4 is 4.90 Å². The normalized spacial score (nSPS) is 11.8. The molecule has 0 aliphatic heterocycles. The van der Waals surface area contributed by atoms with Gasteiger partial charge in [-0.2, -0.15) is 0 Å². The highest BCUT2D eigenvalue weighted by molar-refractivity contribution is 5.95. The molecule has 0 radical (unpaired) electrons. The first-order valence-corrected chi connectivity index (χ1v) is 9.39. The van der Waals surface area contributed by atoms with Gasteiger partial charge in [-0.1, -0.05) is 25.1 Å². The molecule has 0 saturated carbocycles. The zero-order chi connectivity index (χ0) is 20.5. The van der Waals surface area contributed by atoms with Crippen molar-refractivity contribution in [2.75, 3.05) is 24.7 Å². The van der Waals surface area contributed by atoms with Crippen LogP contribution in [-0.4, -0.2) is 31.7 Å². The highest BCUT2D eigenvalue weighted by Gasteiger charge is 2.36. The van der Waals surface area contributed by atoms with Gasteiger partial charge < -0.3 is 14.4 Å². The quantitative estimate of drug-likeness (QED) is 0.473. The lowest BCUT2D eigenvalue weighted by molar-refractivity contribution is -0.163. The molecule has 0 N–H and O–H groups in total. The SMILES string of the molecule is CCOC(=O)C(C(=O)OCC)C(C)CN(c1ccccc1)c1ccc(F)cc1. The lowest BCUT2D eigenvalue weighted by Gasteiger charge is -2.30. The molecule has 2 rings (SSSR count). The molecule has 6 heteroatoms. The topological polar surface area (TPSA) is 55.8 Å². The zero-order valence-corrected chi connectivity index (χ0v) is 16.4. The summed E-state index contributed by atoms with van der Waals surface area (Å²) in [6, 6.07) is 15.6. The van der Waals surface area contributed by atoms with Crippen LogP contribution in [0, 0.1) is 17.7 Å². The van der Waals surface area contributed by atoms with E-state index < -0.39 is 23.8 Å². The van der Waals surface area contributed by atoms with E-state index in [1.165, 1.54) is 12.1 Å². The number of anilines is 2. The predicted molar refractivity (Wildman–Crippen MR) is 106 cm³/mol. The minimum absolute atomic E-state index is 0.182. The van der Waals surface area contributed by atoms with Gasteiger partial charge in [-0.05, 0) is 56.2 Å². The Labute approximate surface area is 165 Å². The summed E-state index contributed by atoms with van der Waals surface area (Å²) in [5.41, 5.74) is 1.62. The fourth-order valence-corrected chi connectivity index (χ4v) is 3.01. The van der Waals surface area contributed by atoms with Crippen LogP contribution in [-0.2, 0) is 19.1 Å². The Balaban J connectivity index is 2.33. The zero-order valence-electron chi connectivity index (χ0n) is 16.4. The molecule has 0 amide bonds. The number of nitrogens with zero attached hydrogens (tertiary/aromatic N) is 1. The van der Waals surface area contributed by atoms with E-state index in [4.69, 9.17) is 9.47 Å². The average Bonchev–Trinajstić information content (AvgIpc) is 2.68. The number of hydrogen-bond donors (Lipinski definition) is 0. The van der Waals surface area contributed by atoms with Crippen molar-refractivity contribution in [3.63, 3.8) is 0 Å². The Hall–Kier alpha value is -2.89. The monoisotopic (exact) mass is 387 g/mol. The van der Waals surface area contributed by atoms with E-state index in [-0.39, 0.29) is 19.0 Å². The summed E-state index contributed by atoms with van der Waals surface area (Å²) in [5, 5.41) is 0. The van der Waals surface area contributed by atoms with Crippen LogP contribution in [0.5, 0.6) is 0 Å². The first-order valence-electron chi connectivity index (χ1n) is 9.39. The molecule has 0 spiro atoms. The van der Waals surface area contributed by atoms with Crippen LogP contribution in [0.15, 0.2) is 54.6 Å².